The minimum Gasteiger partial charge on any atom is -0.312 e. The lowest BCUT2D eigenvalue weighted by atomic mass is 10.1. The van der Waals surface area contributed by atoms with Gasteiger partial charge in [-0.2, -0.15) is 5.10 Å². The molecule has 4 heteroatoms. The van der Waals surface area contributed by atoms with E-state index in [2.05, 4.69) is 10.4 Å². The zero-order valence-corrected chi connectivity index (χ0v) is 9.39. The van der Waals surface area contributed by atoms with E-state index in [0.29, 0.717) is 5.56 Å². The van der Waals surface area contributed by atoms with Crippen LogP contribution >= 0.6 is 0 Å². The number of nitrogens with zero attached hydrogens (tertiary/aromatic N) is 2. The van der Waals surface area contributed by atoms with Crippen molar-refractivity contribution >= 4 is 6.29 Å². The topological polar surface area (TPSA) is 46.9 Å². The van der Waals surface area contributed by atoms with E-state index in [4.69, 9.17) is 0 Å². The van der Waals surface area contributed by atoms with Crippen LogP contribution in [0.2, 0.25) is 0 Å². The van der Waals surface area contributed by atoms with Crippen LogP contribution in [0.25, 0.3) is 5.69 Å². The molecule has 3 rings (SSSR count). The Labute approximate surface area is 99.3 Å². The van der Waals surface area contributed by atoms with Gasteiger partial charge < -0.3 is 5.32 Å². The number of aldehydes is 1. The van der Waals surface area contributed by atoms with Crippen molar-refractivity contribution in [1.82, 2.24) is 15.1 Å². The smallest absolute Gasteiger partial charge is 0.150 e. The average molecular weight is 227 g/mol. The van der Waals surface area contributed by atoms with Crippen molar-refractivity contribution in [2.45, 2.75) is 13.0 Å². The Hall–Kier alpha value is -1.94. The second-order valence-corrected chi connectivity index (χ2v) is 4.17. The van der Waals surface area contributed by atoms with Crippen LogP contribution in [-0.4, -0.2) is 22.6 Å². The molecule has 0 bridgehead atoms. The van der Waals surface area contributed by atoms with E-state index in [-0.39, 0.29) is 0 Å². The number of carbonyl (C=O) groups is 1. The molecule has 1 aliphatic rings. The molecule has 1 aliphatic heterocycles. The molecule has 86 valence electrons. The lowest BCUT2D eigenvalue weighted by Gasteiger charge is -2.15. The van der Waals surface area contributed by atoms with Gasteiger partial charge in [0.1, 0.15) is 6.29 Å². The quantitative estimate of drug-likeness (QED) is 0.787. The fraction of sp³-hybridized carbons (Fsp3) is 0.231. The number of aromatic nitrogens is 2. The summed E-state index contributed by atoms with van der Waals surface area (Å²) in [7, 11) is 0. The summed E-state index contributed by atoms with van der Waals surface area (Å²) in [6, 6.07) is 7.52. The maximum Gasteiger partial charge on any atom is 0.150 e. The van der Waals surface area contributed by atoms with Gasteiger partial charge in [0, 0.05) is 36.3 Å². The molecule has 0 radical (unpaired) electrons. The lowest BCUT2D eigenvalue weighted by molar-refractivity contribution is 0.112. The van der Waals surface area contributed by atoms with E-state index in [1.165, 1.54) is 11.3 Å². The van der Waals surface area contributed by atoms with Crippen molar-refractivity contribution in [2.75, 3.05) is 6.54 Å². The van der Waals surface area contributed by atoms with Gasteiger partial charge in [-0.3, -0.25) is 4.79 Å². The van der Waals surface area contributed by atoms with E-state index in [1.807, 2.05) is 29.1 Å². The summed E-state index contributed by atoms with van der Waals surface area (Å²) in [6.45, 7) is 1.86. The molecule has 17 heavy (non-hydrogen) atoms. The minimum absolute atomic E-state index is 0.681. The number of hydrogen-bond acceptors (Lipinski definition) is 3. The summed E-state index contributed by atoms with van der Waals surface area (Å²) in [5, 5.41) is 7.72. The van der Waals surface area contributed by atoms with Crippen LogP contribution in [0.1, 0.15) is 21.6 Å². The molecule has 1 N–H and O–H groups in total. The first-order valence-electron chi connectivity index (χ1n) is 5.70. The predicted octanol–water partition coefficient (Wildman–Crippen LogP) is 1.33. The van der Waals surface area contributed by atoms with Crippen molar-refractivity contribution in [3.8, 4) is 5.69 Å². The Kier molecular flexibility index (Phi) is 2.49. The summed E-state index contributed by atoms with van der Waals surface area (Å²) >= 11 is 0. The van der Waals surface area contributed by atoms with Gasteiger partial charge in [0.15, 0.2) is 0 Å². The van der Waals surface area contributed by atoms with E-state index in [1.54, 1.807) is 6.07 Å². The highest BCUT2D eigenvalue weighted by Crippen LogP contribution is 2.18. The maximum absolute atomic E-state index is 10.8. The third kappa shape index (κ3) is 1.76. The molecule has 0 spiro atoms. The van der Waals surface area contributed by atoms with E-state index < -0.39 is 0 Å². The van der Waals surface area contributed by atoms with Gasteiger partial charge >= 0.3 is 0 Å². The summed E-state index contributed by atoms with van der Waals surface area (Å²) in [5.41, 5.74) is 4.12. The SMILES string of the molecule is O=Cc1cccc(-n2ncc3c2CCNC3)c1. The molecule has 0 fully saturated rings. The summed E-state index contributed by atoms with van der Waals surface area (Å²) in [4.78, 5) is 10.8. The first kappa shape index (κ1) is 10.2. The van der Waals surface area contributed by atoms with Crippen LogP contribution in [0.3, 0.4) is 0 Å². The Balaban J connectivity index is 2.08. The van der Waals surface area contributed by atoms with Gasteiger partial charge in [0.25, 0.3) is 0 Å². The first-order chi connectivity index (χ1) is 8.38. The second-order valence-electron chi connectivity index (χ2n) is 4.17. The number of hydrogen-bond donors (Lipinski definition) is 1. The van der Waals surface area contributed by atoms with Crippen LogP contribution in [0.15, 0.2) is 30.5 Å². The molecule has 2 heterocycles. The average Bonchev–Trinajstić information content (AvgIpc) is 2.82. The highest BCUT2D eigenvalue weighted by Gasteiger charge is 2.15. The highest BCUT2D eigenvalue weighted by molar-refractivity contribution is 5.75. The molecule has 0 aliphatic carbocycles. The van der Waals surface area contributed by atoms with E-state index >= 15 is 0 Å². The van der Waals surface area contributed by atoms with Crippen molar-refractivity contribution in [2.24, 2.45) is 0 Å². The van der Waals surface area contributed by atoms with Crippen molar-refractivity contribution in [1.29, 1.82) is 0 Å². The van der Waals surface area contributed by atoms with Crippen molar-refractivity contribution < 1.29 is 4.79 Å². The van der Waals surface area contributed by atoms with Crippen LogP contribution in [-0.2, 0) is 13.0 Å². The summed E-state index contributed by atoms with van der Waals surface area (Å²) in [6.07, 6.45) is 3.73. The molecular weight excluding hydrogens is 214 g/mol. The van der Waals surface area contributed by atoms with Crippen molar-refractivity contribution in [3.63, 3.8) is 0 Å². The van der Waals surface area contributed by atoms with Crippen molar-refractivity contribution in [3.05, 3.63) is 47.3 Å². The number of fused-ring (bicyclic) bond motifs is 1. The minimum atomic E-state index is 0.681. The Morgan fingerprint density at radius 1 is 1.41 bits per heavy atom. The maximum atomic E-state index is 10.8. The first-order valence-corrected chi connectivity index (χ1v) is 5.70. The lowest BCUT2D eigenvalue weighted by Crippen LogP contribution is -2.24. The normalized spacial score (nSPS) is 14.4. The molecule has 0 atom stereocenters. The Morgan fingerprint density at radius 2 is 2.35 bits per heavy atom. The third-order valence-electron chi connectivity index (χ3n) is 3.06. The molecule has 1 aromatic carbocycles. The van der Waals surface area contributed by atoms with Crippen LogP contribution in [0, 0.1) is 0 Å². The number of nitrogens with one attached hydrogen (secondary N) is 1. The zero-order chi connectivity index (χ0) is 11.7. The van der Waals surface area contributed by atoms with E-state index in [9.17, 15) is 4.79 Å². The van der Waals surface area contributed by atoms with Crippen LogP contribution in [0.4, 0.5) is 0 Å². The van der Waals surface area contributed by atoms with Gasteiger partial charge in [-0.1, -0.05) is 12.1 Å². The molecule has 4 nitrogen and oxygen atoms in total. The largest absolute Gasteiger partial charge is 0.312 e. The fourth-order valence-electron chi connectivity index (χ4n) is 2.20. The van der Waals surface area contributed by atoms with Gasteiger partial charge in [-0.25, -0.2) is 4.68 Å². The number of carbonyl (C=O) groups excluding carboxylic acids is 1. The van der Waals surface area contributed by atoms with E-state index in [0.717, 1.165) is 31.5 Å². The molecule has 0 saturated heterocycles. The highest BCUT2D eigenvalue weighted by atomic mass is 16.1. The zero-order valence-electron chi connectivity index (χ0n) is 9.39. The standard InChI is InChI=1S/C13H13N3O/c17-9-10-2-1-3-12(6-10)16-13-4-5-14-7-11(13)8-15-16/h1-3,6,8-9,14H,4-5,7H2. The Morgan fingerprint density at radius 3 is 3.24 bits per heavy atom. The predicted molar refractivity (Wildman–Crippen MR) is 64.4 cm³/mol. The number of benzene rings is 1. The monoisotopic (exact) mass is 227 g/mol. The van der Waals surface area contributed by atoms with Gasteiger partial charge in [0.05, 0.1) is 11.9 Å². The van der Waals surface area contributed by atoms with Gasteiger partial charge in [-0.05, 0) is 12.1 Å². The van der Waals surface area contributed by atoms with Crippen LogP contribution < -0.4 is 5.32 Å². The van der Waals surface area contributed by atoms with Gasteiger partial charge in [-0.15, -0.1) is 0 Å². The Bertz CT molecular complexity index is 560. The summed E-state index contributed by atoms with van der Waals surface area (Å²) in [5.74, 6) is 0. The molecule has 2 aromatic rings. The summed E-state index contributed by atoms with van der Waals surface area (Å²) < 4.78 is 1.93. The molecule has 0 amide bonds. The second kappa shape index (κ2) is 4.14. The number of rotatable bonds is 2. The fourth-order valence-corrected chi connectivity index (χ4v) is 2.20. The molecule has 0 unspecified atom stereocenters. The molecule has 0 saturated carbocycles. The molecular formula is C13H13N3O. The van der Waals surface area contributed by atoms with Crippen LogP contribution in [0.5, 0.6) is 0 Å². The molecule has 1 aromatic heterocycles. The van der Waals surface area contributed by atoms with Gasteiger partial charge in [0.2, 0.25) is 0 Å². The third-order valence-corrected chi connectivity index (χ3v) is 3.06.